The first-order valence-corrected chi connectivity index (χ1v) is 10.8. The Hall–Kier alpha value is -3.35. The number of hydrogen-bond donors (Lipinski definition) is 4. The summed E-state index contributed by atoms with van der Waals surface area (Å²) in [5.41, 5.74) is 2.50. The summed E-state index contributed by atoms with van der Waals surface area (Å²) < 4.78 is 0. The predicted octanol–water partition coefficient (Wildman–Crippen LogP) is 3.80. The van der Waals surface area contributed by atoms with Gasteiger partial charge in [0, 0.05) is 35.1 Å². The van der Waals surface area contributed by atoms with E-state index in [0.29, 0.717) is 23.4 Å². The average molecular weight is 425 g/mol. The molecule has 1 atom stereocenters. The molecular weight excluding hydrogens is 392 g/mol. The van der Waals surface area contributed by atoms with Gasteiger partial charge >= 0.3 is 0 Å². The topological polar surface area (TPSA) is 99.3 Å². The second-order valence-electron chi connectivity index (χ2n) is 7.45. The molecule has 0 saturated carbocycles. The zero-order valence-electron chi connectivity index (χ0n) is 18.5. The second kappa shape index (κ2) is 12.4. The van der Waals surface area contributed by atoms with Gasteiger partial charge in [0.1, 0.15) is 0 Å². The van der Waals surface area contributed by atoms with Crippen LogP contribution in [-0.4, -0.2) is 36.9 Å². The molecule has 1 unspecified atom stereocenters. The molecule has 2 rings (SSSR count). The minimum absolute atomic E-state index is 0.0810. The summed E-state index contributed by atoms with van der Waals surface area (Å²) in [4.78, 5) is 36.3. The fourth-order valence-corrected chi connectivity index (χ4v) is 2.72. The van der Waals surface area contributed by atoms with Crippen molar-refractivity contribution in [1.29, 1.82) is 0 Å². The predicted molar refractivity (Wildman–Crippen MR) is 124 cm³/mol. The molecule has 4 N–H and O–H groups in total. The highest BCUT2D eigenvalue weighted by atomic mass is 16.2. The molecule has 31 heavy (non-hydrogen) atoms. The molecule has 166 valence electrons. The van der Waals surface area contributed by atoms with Crippen molar-refractivity contribution in [3.05, 3.63) is 59.7 Å². The Morgan fingerprint density at radius 1 is 0.839 bits per heavy atom. The third-order valence-corrected chi connectivity index (χ3v) is 4.84. The van der Waals surface area contributed by atoms with Crippen molar-refractivity contribution in [2.75, 3.05) is 23.7 Å². The lowest BCUT2D eigenvalue weighted by Gasteiger charge is -2.12. The standard InChI is InChI=1S/C24H32N4O3/c1-4-6-15-25-23(30)18-9-13-21(14-10-18)28-22(29)16-26-20-11-7-19(8-12-20)24(31)27-17(3)5-2/h7-14,17,26H,4-6,15-16H2,1-3H3,(H,25,30)(H,27,31)(H,28,29). The van der Waals surface area contributed by atoms with E-state index in [2.05, 4.69) is 28.2 Å². The Morgan fingerprint density at radius 3 is 2.00 bits per heavy atom. The lowest BCUT2D eigenvalue weighted by atomic mass is 10.1. The normalized spacial score (nSPS) is 11.3. The molecule has 2 aromatic rings. The molecular formula is C24H32N4O3. The van der Waals surface area contributed by atoms with Crippen LogP contribution in [0.4, 0.5) is 11.4 Å². The lowest BCUT2D eigenvalue weighted by molar-refractivity contribution is -0.114. The SMILES string of the molecule is CCCCNC(=O)c1ccc(NC(=O)CNc2ccc(C(=O)NC(C)CC)cc2)cc1. The van der Waals surface area contributed by atoms with Crippen LogP contribution < -0.4 is 21.3 Å². The fraction of sp³-hybridized carbons (Fsp3) is 0.375. The van der Waals surface area contributed by atoms with Gasteiger partial charge in [-0.25, -0.2) is 0 Å². The number of amides is 3. The van der Waals surface area contributed by atoms with E-state index in [1.807, 2.05) is 13.8 Å². The molecule has 0 spiro atoms. The molecule has 7 heteroatoms. The molecule has 0 heterocycles. The van der Waals surface area contributed by atoms with Gasteiger partial charge < -0.3 is 21.3 Å². The summed E-state index contributed by atoms with van der Waals surface area (Å²) in [6, 6.07) is 13.9. The van der Waals surface area contributed by atoms with Gasteiger partial charge in [-0.1, -0.05) is 20.3 Å². The van der Waals surface area contributed by atoms with Gasteiger partial charge in [-0.2, -0.15) is 0 Å². The maximum Gasteiger partial charge on any atom is 0.251 e. The lowest BCUT2D eigenvalue weighted by Crippen LogP contribution is -2.31. The largest absolute Gasteiger partial charge is 0.376 e. The zero-order chi connectivity index (χ0) is 22.6. The molecule has 0 aliphatic heterocycles. The van der Waals surface area contributed by atoms with Crippen LogP contribution in [0, 0.1) is 0 Å². The van der Waals surface area contributed by atoms with Crippen molar-refractivity contribution >= 4 is 29.1 Å². The summed E-state index contributed by atoms with van der Waals surface area (Å²) >= 11 is 0. The fourth-order valence-electron chi connectivity index (χ4n) is 2.72. The first kappa shape index (κ1) is 23.9. The minimum Gasteiger partial charge on any atom is -0.376 e. The van der Waals surface area contributed by atoms with Crippen molar-refractivity contribution < 1.29 is 14.4 Å². The van der Waals surface area contributed by atoms with E-state index in [1.54, 1.807) is 48.5 Å². The molecule has 0 saturated heterocycles. The van der Waals surface area contributed by atoms with Crippen molar-refractivity contribution in [2.24, 2.45) is 0 Å². The number of carbonyl (C=O) groups is 3. The van der Waals surface area contributed by atoms with Crippen molar-refractivity contribution in [2.45, 2.75) is 46.1 Å². The highest BCUT2D eigenvalue weighted by Gasteiger charge is 2.09. The molecule has 7 nitrogen and oxygen atoms in total. The Morgan fingerprint density at radius 2 is 1.42 bits per heavy atom. The van der Waals surface area contributed by atoms with E-state index in [4.69, 9.17) is 0 Å². The van der Waals surface area contributed by atoms with Crippen molar-refractivity contribution in [1.82, 2.24) is 10.6 Å². The molecule has 0 bridgehead atoms. The number of carbonyl (C=O) groups excluding carboxylic acids is 3. The molecule has 0 aliphatic carbocycles. The molecule has 0 radical (unpaired) electrons. The van der Waals surface area contributed by atoms with E-state index >= 15 is 0 Å². The highest BCUT2D eigenvalue weighted by Crippen LogP contribution is 2.12. The van der Waals surface area contributed by atoms with Crippen LogP contribution >= 0.6 is 0 Å². The van der Waals surface area contributed by atoms with E-state index in [-0.39, 0.29) is 30.3 Å². The van der Waals surface area contributed by atoms with Crippen LogP contribution in [0.15, 0.2) is 48.5 Å². The number of unbranched alkanes of at least 4 members (excludes halogenated alkanes) is 1. The van der Waals surface area contributed by atoms with Crippen LogP contribution in [0.1, 0.15) is 60.7 Å². The zero-order valence-corrected chi connectivity index (χ0v) is 18.5. The van der Waals surface area contributed by atoms with E-state index < -0.39 is 0 Å². The van der Waals surface area contributed by atoms with Crippen LogP contribution in [0.25, 0.3) is 0 Å². The number of nitrogens with one attached hydrogen (secondary N) is 4. The number of benzene rings is 2. The van der Waals surface area contributed by atoms with Crippen LogP contribution in [0.5, 0.6) is 0 Å². The quantitative estimate of drug-likeness (QED) is 0.412. The monoisotopic (exact) mass is 424 g/mol. The molecule has 0 aliphatic rings. The van der Waals surface area contributed by atoms with Gasteiger partial charge in [0.15, 0.2) is 0 Å². The van der Waals surface area contributed by atoms with Crippen LogP contribution in [0.2, 0.25) is 0 Å². The molecule has 0 aromatic heterocycles. The van der Waals surface area contributed by atoms with Crippen molar-refractivity contribution in [3.63, 3.8) is 0 Å². The Balaban J connectivity index is 1.80. The number of anilines is 2. The number of rotatable bonds is 11. The summed E-state index contributed by atoms with van der Waals surface area (Å²) in [5, 5.41) is 11.6. The molecule has 2 aromatic carbocycles. The van der Waals surface area contributed by atoms with Gasteiger partial charge in [-0.05, 0) is 68.3 Å². The second-order valence-corrected chi connectivity index (χ2v) is 7.45. The number of hydrogen-bond acceptors (Lipinski definition) is 4. The highest BCUT2D eigenvalue weighted by molar-refractivity contribution is 5.97. The first-order chi connectivity index (χ1) is 14.9. The average Bonchev–Trinajstić information content (AvgIpc) is 2.78. The maximum atomic E-state index is 12.2. The third kappa shape index (κ3) is 8.12. The van der Waals surface area contributed by atoms with Crippen LogP contribution in [-0.2, 0) is 4.79 Å². The van der Waals surface area contributed by atoms with Gasteiger partial charge in [0.2, 0.25) is 5.91 Å². The van der Waals surface area contributed by atoms with E-state index in [9.17, 15) is 14.4 Å². The molecule has 0 fully saturated rings. The summed E-state index contributed by atoms with van der Waals surface area (Å²) in [6.45, 7) is 6.78. The molecule has 3 amide bonds. The summed E-state index contributed by atoms with van der Waals surface area (Å²) in [5.74, 6) is -0.436. The Kier molecular flexibility index (Phi) is 9.55. The van der Waals surface area contributed by atoms with Gasteiger partial charge in [-0.15, -0.1) is 0 Å². The summed E-state index contributed by atoms with van der Waals surface area (Å²) in [6.07, 6.45) is 2.84. The Bertz CT molecular complexity index is 863. The van der Waals surface area contributed by atoms with E-state index in [1.165, 1.54) is 0 Å². The smallest absolute Gasteiger partial charge is 0.251 e. The third-order valence-electron chi connectivity index (χ3n) is 4.84. The minimum atomic E-state index is -0.210. The van der Waals surface area contributed by atoms with E-state index in [0.717, 1.165) is 24.9 Å². The van der Waals surface area contributed by atoms with Gasteiger partial charge in [0.25, 0.3) is 11.8 Å². The van der Waals surface area contributed by atoms with Gasteiger partial charge in [0.05, 0.1) is 6.54 Å². The van der Waals surface area contributed by atoms with Crippen LogP contribution in [0.3, 0.4) is 0 Å². The Labute approximate surface area is 184 Å². The maximum absolute atomic E-state index is 12.2. The van der Waals surface area contributed by atoms with Gasteiger partial charge in [-0.3, -0.25) is 14.4 Å². The first-order valence-electron chi connectivity index (χ1n) is 10.8. The summed E-state index contributed by atoms with van der Waals surface area (Å²) in [7, 11) is 0. The van der Waals surface area contributed by atoms with Crippen molar-refractivity contribution in [3.8, 4) is 0 Å².